The average Bonchev–Trinajstić information content (AvgIpc) is 3.45. The van der Waals surface area contributed by atoms with E-state index in [1.165, 1.54) is 56.2 Å². The van der Waals surface area contributed by atoms with Crippen LogP contribution in [0, 0.1) is 13.8 Å². The fourth-order valence-electron chi connectivity index (χ4n) is 7.95. The SMILES string of the molecule is C.COCCCN1/C(=C\C=C2/CCCC(/C=C/C3=[N+](CCCOC)c4c(C)cc(OC)cc4C3(C)C)=C2Cl)C(C)(C)c2cc(OC)cc(C)c21.FB(F)F.[F-]. The van der Waals surface area contributed by atoms with E-state index in [-0.39, 0.29) is 23.0 Å². The Hall–Kier alpha value is -3.54. The van der Waals surface area contributed by atoms with Crippen LogP contribution in [-0.2, 0) is 20.3 Å². The number of halogens is 5. The van der Waals surface area contributed by atoms with Gasteiger partial charge in [0.25, 0.3) is 0 Å². The van der Waals surface area contributed by atoms with Crippen LogP contribution >= 0.6 is 11.6 Å². The van der Waals surface area contributed by atoms with Gasteiger partial charge in [-0.15, -0.1) is 0 Å². The quantitative estimate of drug-likeness (QED) is 0.0888. The maximum Gasteiger partial charge on any atom is 0.762 e. The van der Waals surface area contributed by atoms with Crippen LogP contribution in [0.1, 0.15) is 89.5 Å². The van der Waals surface area contributed by atoms with Gasteiger partial charge in [0.1, 0.15) is 11.5 Å². The zero-order chi connectivity index (χ0) is 39.1. The second kappa shape index (κ2) is 20.6. The molecule has 0 spiro atoms. The summed E-state index contributed by atoms with van der Waals surface area (Å²) in [6.45, 7) is 16.8. The molecule has 0 saturated carbocycles. The molecule has 0 amide bonds. The largest absolute Gasteiger partial charge is 1.00 e. The summed E-state index contributed by atoms with van der Waals surface area (Å²) in [4.78, 5) is 2.48. The second-order valence-electron chi connectivity index (χ2n) is 14.8. The summed E-state index contributed by atoms with van der Waals surface area (Å²) < 4.78 is 53.7. The Labute approximate surface area is 332 Å². The van der Waals surface area contributed by atoms with Crippen LogP contribution < -0.4 is 19.1 Å². The molecule has 12 heteroatoms. The van der Waals surface area contributed by atoms with Gasteiger partial charge in [-0.1, -0.05) is 45.0 Å². The van der Waals surface area contributed by atoms with Crippen LogP contribution in [0.4, 0.5) is 24.3 Å². The number of anilines is 1. The lowest BCUT2D eigenvalue weighted by Gasteiger charge is -2.27. The van der Waals surface area contributed by atoms with Crippen LogP contribution in [0.15, 0.2) is 70.4 Å². The summed E-state index contributed by atoms with van der Waals surface area (Å²) in [7, 11) is 3.36. The minimum Gasteiger partial charge on any atom is -1.00 e. The number of ether oxygens (including phenoxy) is 4. The normalized spacial score (nSPS) is 18.2. The highest BCUT2D eigenvalue weighted by atomic mass is 35.5. The Morgan fingerprint density at radius 1 is 0.818 bits per heavy atom. The van der Waals surface area contributed by atoms with E-state index >= 15 is 0 Å². The van der Waals surface area contributed by atoms with E-state index in [0.29, 0.717) is 0 Å². The predicted molar refractivity (Wildman–Crippen MR) is 219 cm³/mol. The molecule has 0 fully saturated rings. The van der Waals surface area contributed by atoms with Crippen molar-refractivity contribution in [1.82, 2.24) is 0 Å². The summed E-state index contributed by atoms with van der Waals surface area (Å²) in [6, 6.07) is 8.68. The third-order valence-electron chi connectivity index (χ3n) is 10.6. The van der Waals surface area contributed by atoms with Gasteiger partial charge >= 0.3 is 7.54 Å². The highest BCUT2D eigenvalue weighted by Crippen LogP contribution is 2.51. The van der Waals surface area contributed by atoms with E-state index in [9.17, 15) is 12.9 Å². The van der Waals surface area contributed by atoms with E-state index in [1.54, 1.807) is 28.4 Å². The molecule has 0 bridgehead atoms. The molecule has 0 N–H and O–H groups in total. The molecule has 0 saturated heterocycles. The summed E-state index contributed by atoms with van der Waals surface area (Å²) in [5.74, 6) is 1.79. The van der Waals surface area contributed by atoms with Crippen molar-refractivity contribution in [3.8, 4) is 11.5 Å². The zero-order valence-corrected chi connectivity index (χ0v) is 34.2. The number of hydrogen-bond donors (Lipinski definition) is 0. The van der Waals surface area contributed by atoms with Crippen LogP contribution in [0.3, 0.4) is 0 Å². The van der Waals surface area contributed by atoms with E-state index in [0.717, 1.165) is 74.9 Å². The number of nitrogens with zero attached hydrogens (tertiary/aromatic N) is 2. The lowest BCUT2D eigenvalue weighted by molar-refractivity contribution is -0.439. The van der Waals surface area contributed by atoms with Gasteiger partial charge in [0.15, 0.2) is 12.3 Å². The first-order valence-corrected chi connectivity index (χ1v) is 18.7. The van der Waals surface area contributed by atoms with Crippen molar-refractivity contribution in [3.63, 3.8) is 0 Å². The molecule has 2 aromatic carbocycles. The Balaban J connectivity index is 0.00000166. The third kappa shape index (κ3) is 10.5. The first kappa shape index (κ1) is 47.6. The van der Waals surface area contributed by atoms with Gasteiger partial charge in [-0.3, -0.25) is 12.9 Å². The van der Waals surface area contributed by atoms with Crippen LogP contribution in [0.2, 0.25) is 0 Å². The van der Waals surface area contributed by atoms with Crippen molar-refractivity contribution in [1.29, 1.82) is 0 Å². The van der Waals surface area contributed by atoms with Gasteiger partial charge in [0, 0.05) is 72.8 Å². The van der Waals surface area contributed by atoms with E-state index in [4.69, 9.17) is 30.5 Å². The van der Waals surface area contributed by atoms with Crippen molar-refractivity contribution in [3.05, 3.63) is 92.7 Å². The van der Waals surface area contributed by atoms with Crippen LogP contribution in [-0.4, -0.2) is 72.6 Å². The van der Waals surface area contributed by atoms with E-state index < -0.39 is 7.54 Å². The van der Waals surface area contributed by atoms with Crippen molar-refractivity contribution in [2.45, 2.75) is 91.9 Å². The molecule has 2 heterocycles. The minimum atomic E-state index is -3.67. The molecule has 6 nitrogen and oxygen atoms in total. The van der Waals surface area contributed by atoms with Crippen molar-refractivity contribution in [2.24, 2.45) is 0 Å². The maximum absolute atomic E-state index is 9.67. The molecule has 5 rings (SSSR count). The Morgan fingerprint density at radius 2 is 1.40 bits per heavy atom. The molecule has 0 aromatic heterocycles. The third-order valence-corrected chi connectivity index (χ3v) is 11.1. The van der Waals surface area contributed by atoms with Crippen molar-refractivity contribution < 1.29 is 41.2 Å². The van der Waals surface area contributed by atoms with Crippen LogP contribution in [0.25, 0.3) is 0 Å². The lowest BCUT2D eigenvalue weighted by atomic mass is 9.80. The highest BCUT2D eigenvalue weighted by Gasteiger charge is 2.46. The standard InChI is InChI=1S/C42H56ClN2O4.CH4.BF3.FH/c1-28-24-32(48-9)26-34-39(28)44(20-12-22-46-7)36(41(34,3)4)18-16-30-14-11-15-31(38(30)43)17-19-37-42(5,6)35-27-33(49-10)25-29(2)40(35)45(37)21-13-23-47-8;;2-1(3)4;/h16-19,24-27H,11-15,20-23H2,1-10H3;1H4;;1H/q+1;;;/p-1. The van der Waals surface area contributed by atoms with Gasteiger partial charge < -0.3 is 28.6 Å². The molecule has 0 radical (unpaired) electrons. The van der Waals surface area contributed by atoms with Crippen LogP contribution in [0.5, 0.6) is 11.5 Å². The average molecular weight is 791 g/mol. The van der Waals surface area contributed by atoms with E-state index in [1.807, 2.05) is 0 Å². The van der Waals surface area contributed by atoms with E-state index in [2.05, 4.69) is 99.6 Å². The molecular weight excluding hydrogens is 731 g/mol. The number of methoxy groups -OCH3 is 4. The monoisotopic (exact) mass is 790 g/mol. The molecule has 2 aromatic rings. The number of benzene rings is 2. The molecule has 2 aliphatic heterocycles. The number of hydrogen-bond acceptors (Lipinski definition) is 5. The Kier molecular flexibility index (Phi) is 17.8. The predicted octanol–water partition coefficient (Wildman–Crippen LogP) is 8.13. The summed E-state index contributed by atoms with van der Waals surface area (Å²) in [5.41, 5.74) is 12.1. The summed E-state index contributed by atoms with van der Waals surface area (Å²) in [5, 5.41) is 0.870. The maximum atomic E-state index is 9.67. The topological polar surface area (TPSA) is 43.2 Å². The summed E-state index contributed by atoms with van der Waals surface area (Å²) in [6.07, 6.45) is 14.0. The van der Waals surface area contributed by atoms with Crippen molar-refractivity contribution in [2.75, 3.05) is 59.6 Å². The fourth-order valence-corrected chi connectivity index (χ4v) is 8.27. The lowest BCUT2D eigenvalue weighted by Crippen LogP contribution is -3.00. The van der Waals surface area contributed by atoms with Gasteiger partial charge in [-0.2, -0.15) is 4.58 Å². The number of fused-ring (bicyclic) bond motifs is 2. The number of allylic oxidation sites excluding steroid dienone is 8. The fraction of sp³-hybridized carbons (Fsp3) is 0.512. The van der Waals surface area contributed by atoms with Gasteiger partial charge in [-0.05, 0) is 106 Å². The summed E-state index contributed by atoms with van der Waals surface area (Å²) >= 11 is 7.28. The van der Waals surface area contributed by atoms with Gasteiger partial charge in [0.2, 0.25) is 5.69 Å². The molecule has 55 heavy (non-hydrogen) atoms. The Morgan fingerprint density at radius 3 is 2.00 bits per heavy atom. The highest BCUT2D eigenvalue weighted by molar-refractivity contribution is 6.33. The molecule has 3 aliphatic rings. The number of aryl methyl sites for hydroxylation is 2. The molecule has 0 unspecified atom stereocenters. The first-order chi connectivity index (χ1) is 25.1. The zero-order valence-electron chi connectivity index (χ0n) is 33.5. The van der Waals surface area contributed by atoms with Gasteiger partial charge in [-0.25, -0.2) is 0 Å². The Bertz CT molecular complexity index is 1800. The molecular formula is C43H60BClF4N2O4. The molecule has 1 aliphatic carbocycles. The molecule has 0 atom stereocenters. The number of rotatable bonds is 13. The molecule has 304 valence electrons. The van der Waals surface area contributed by atoms with Crippen molar-refractivity contribution >= 4 is 36.2 Å². The minimum absolute atomic E-state index is 0. The smallest absolute Gasteiger partial charge is 0.762 e. The van der Waals surface area contributed by atoms with Gasteiger partial charge in [0.05, 0.1) is 26.2 Å². The first-order valence-electron chi connectivity index (χ1n) is 18.3. The second-order valence-corrected chi connectivity index (χ2v) is 15.2.